The lowest BCUT2D eigenvalue weighted by Gasteiger charge is -2.14. The first-order chi connectivity index (χ1) is 20.1. The number of allylic oxidation sites excluding steroid dienone is 2. The number of carbonyl (C=O) groups excluding carboxylic acids is 1. The minimum Gasteiger partial charge on any atom is -0.394 e. The molecule has 4 heteroatoms. The van der Waals surface area contributed by atoms with Crippen LogP contribution < -0.4 is 0 Å². The van der Waals surface area contributed by atoms with Crippen LogP contribution in [0.15, 0.2) is 12.2 Å². The highest BCUT2D eigenvalue weighted by atomic mass is 16.4. The molecule has 2 atom stereocenters. The minimum atomic E-state index is -0.993. The van der Waals surface area contributed by atoms with E-state index in [1.807, 2.05) is 0 Å². The molecule has 244 valence electrons. The zero-order valence-corrected chi connectivity index (χ0v) is 27.5. The highest BCUT2D eigenvalue weighted by Gasteiger charge is 2.13. The molecule has 41 heavy (non-hydrogen) atoms. The topological polar surface area (TPSA) is 77.8 Å². The van der Waals surface area contributed by atoms with E-state index in [0.29, 0.717) is 12.2 Å². The number of unbranched alkanes of at least 4 members (excludes halogenated alkanes) is 24. The van der Waals surface area contributed by atoms with E-state index in [-0.39, 0.29) is 6.61 Å². The molecule has 0 spiro atoms. The maximum Gasteiger partial charge on any atom is 0.132 e. The van der Waals surface area contributed by atoms with Crippen molar-refractivity contribution >= 4 is 5.78 Å². The van der Waals surface area contributed by atoms with Crippen molar-refractivity contribution in [2.75, 3.05) is 6.61 Å². The van der Waals surface area contributed by atoms with Gasteiger partial charge in [-0.3, -0.25) is 4.79 Å². The van der Waals surface area contributed by atoms with Gasteiger partial charge in [0, 0.05) is 12.8 Å². The summed E-state index contributed by atoms with van der Waals surface area (Å²) < 4.78 is 0. The lowest BCUT2D eigenvalue weighted by molar-refractivity contribution is -0.119. The van der Waals surface area contributed by atoms with E-state index in [2.05, 4.69) is 19.1 Å². The molecular formula is C37H72O4. The molecule has 2 unspecified atom stereocenters. The Balaban J connectivity index is 3.24. The van der Waals surface area contributed by atoms with Crippen LogP contribution in [0.3, 0.4) is 0 Å². The smallest absolute Gasteiger partial charge is 0.132 e. The van der Waals surface area contributed by atoms with Crippen LogP contribution in [0, 0.1) is 0 Å². The first kappa shape index (κ1) is 40.3. The van der Waals surface area contributed by atoms with Crippen molar-refractivity contribution in [3.8, 4) is 0 Å². The number of Topliss-reactive ketones (excluding diaryl/α,β-unsaturated/α-hetero) is 1. The van der Waals surface area contributed by atoms with Gasteiger partial charge in [-0.1, -0.05) is 154 Å². The number of ketones is 1. The van der Waals surface area contributed by atoms with Crippen molar-refractivity contribution in [1.29, 1.82) is 0 Å². The third-order valence-corrected chi connectivity index (χ3v) is 8.55. The lowest BCUT2D eigenvalue weighted by atomic mass is 10.0. The first-order valence-corrected chi connectivity index (χ1v) is 18.3. The van der Waals surface area contributed by atoms with Gasteiger partial charge in [0.1, 0.15) is 11.9 Å². The molecule has 0 saturated carbocycles. The summed E-state index contributed by atoms with van der Waals surface area (Å²) in [7, 11) is 0. The van der Waals surface area contributed by atoms with Crippen LogP contribution in [0.25, 0.3) is 0 Å². The zero-order chi connectivity index (χ0) is 30.1. The highest BCUT2D eigenvalue weighted by molar-refractivity contribution is 5.78. The minimum absolute atomic E-state index is 0.364. The molecule has 3 N–H and O–H groups in total. The molecule has 0 aromatic heterocycles. The maximum absolute atomic E-state index is 12.1. The normalized spacial score (nSPS) is 13.3. The van der Waals surface area contributed by atoms with Crippen LogP contribution in [-0.2, 0) is 4.79 Å². The van der Waals surface area contributed by atoms with Crippen LogP contribution in [-0.4, -0.2) is 39.9 Å². The molecule has 0 amide bonds. The van der Waals surface area contributed by atoms with Crippen molar-refractivity contribution < 1.29 is 20.1 Å². The predicted molar refractivity (Wildman–Crippen MR) is 177 cm³/mol. The van der Waals surface area contributed by atoms with Crippen LogP contribution in [0.2, 0.25) is 0 Å². The van der Waals surface area contributed by atoms with Crippen LogP contribution in [0.1, 0.15) is 200 Å². The second-order valence-corrected chi connectivity index (χ2v) is 12.7. The summed E-state index contributed by atoms with van der Waals surface area (Å²) in [5.41, 5.74) is 0. The largest absolute Gasteiger partial charge is 0.394 e. The average molecular weight is 581 g/mol. The van der Waals surface area contributed by atoms with E-state index in [4.69, 9.17) is 5.11 Å². The Morgan fingerprint density at radius 3 is 1.22 bits per heavy atom. The average Bonchev–Trinajstić information content (AvgIpc) is 2.98. The SMILES string of the molecule is CCCCCCCCCCCCCCCC(=O)CCCCCCCC/C=C\CCCCCCCCC(O)C(O)CO. The fourth-order valence-electron chi connectivity index (χ4n) is 5.63. The molecule has 0 aliphatic heterocycles. The van der Waals surface area contributed by atoms with Crippen LogP contribution >= 0.6 is 0 Å². The summed E-state index contributed by atoms with van der Waals surface area (Å²) in [6, 6.07) is 0. The number of carbonyl (C=O) groups is 1. The molecule has 0 bridgehead atoms. The first-order valence-electron chi connectivity index (χ1n) is 18.3. The summed E-state index contributed by atoms with van der Waals surface area (Å²) in [5.74, 6) is 0.494. The molecule has 4 nitrogen and oxygen atoms in total. The van der Waals surface area contributed by atoms with Crippen molar-refractivity contribution in [2.24, 2.45) is 0 Å². The molecule has 0 saturated heterocycles. The monoisotopic (exact) mass is 581 g/mol. The second kappa shape index (κ2) is 33.8. The van der Waals surface area contributed by atoms with Crippen molar-refractivity contribution in [3.05, 3.63) is 12.2 Å². The molecule has 0 heterocycles. The third-order valence-electron chi connectivity index (χ3n) is 8.55. The summed E-state index contributed by atoms with van der Waals surface area (Å²) in [4.78, 5) is 12.1. The van der Waals surface area contributed by atoms with Gasteiger partial charge in [0.15, 0.2) is 0 Å². The maximum atomic E-state index is 12.1. The van der Waals surface area contributed by atoms with Crippen LogP contribution in [0.5, 0.6) is 0 Å². The Bertz CT molecular complexity index is 547. The van der Waals surface area contributed by atoms with E-state index in [0.717, 1.165) is 38.5 Å². The van der Waals surface area contributed by atoms with Crippen molar-refractivity contribution in [1.82, 2.24) is 0 Å². The third kappa shape index (κ3) is 32.0. The van der Waals surface area contributed by atoms with Gasteiger partial charge in [-0.05, 0) is 44.9 Å². The molecule has 0 fully saturated rings. The van der Waals surface area contributed by atoms with E-state index in [9.17, 15) is 15.0 Å². The van der Waals surface area contributed by atoms with Gasteiger partial charge in [-0.25, -0.2) is 0 Å². The summed E-state index contributed by atoms with van der Waals surface area (Å²) in [5, 5.41) is 27.7. The van der Waals surface area contributed by atoms with Gasteiger partial charge >= 0.3 is 0 Å². The Labute approximate surface area is 256 Å². The molecule has 0 aromatic carbocycles. The van der Waals surface area contributed by atoms with Gasteiger partial charge in [0.05, 0.1) is 12.7 Å². The molecule has 0 rings (SSSR count). The van der Waals surface area contributed by atoms with E-state index in [1.165, 1.54) is 148 Å². The van der Waals surface area contributed by atoms with Gasteiger partial charge < -0.3 is 15.3 Å². The summed E-state index contributed by atoms with van der Waals surface area (Å²) >= 11 is 0. The van der Waals surface area contributed by atoms with E-state index >= 15 is 0 Å². The summed E-state index contributed by atoms with van der Waals surface area (Å²) in [6.07, 6.45) is 39.5. The Morgan fingerprint density at radius 2 is 0.829 bits per heavy atom. The number of hydrogen-bond donors (Lipinski definition) is 3. The van der Waals surface area contributed by atoms with Crippen molar-refractivity contribution in [2.45, 2.75) is 212 Å². The standard InChI is InChI=1S/C37H72O4/c1-2-3-4-5-6-7-8-13-16-19-22-25-28-31-35(39)32-29-26-23-20-17-14-11-9-10-12-15-18-21-24-27-30-33-36(40)37(41)34-38/h9-10,36-38,40-41H,2-8,11-34H2,1H3/b10-9-. The van der Waals surface area contributed by atoms with Crippen molar-refractivity contribution in [3.63, 3.8) is 0 Å². The molecular weight excluding hydrogens is 508 g/mol. The van der Waals surface area contributed by atoms with Gasteiger partial charge in [0.25, 0.3) is 0 Å². The number of rotatable bonds is 34. The van der Waals surface area contributed by atoms with Gasteiger partial charge in [-0.2, -0.15) is 0 Å². The molecule has 0 aliphatic carbocycles. The fourth-order valence-corrected chi connectivity index (χ4v) is 5.63. The van der Waals surface area contributed by atoms with E-state index < -0.39 is 12.2 Å². The highest BCUT2D eigenvalue weighted by Crippen LogP contribution is 2.15. The molecule has 0 radical (unpaired) electrons. The Morgan fingerprint density at radius 1 is 0.488 bits per heavy atom. The van der Waals surface area contributed by atoms with Crippen LogP contribution in [0.4, 0.5) is 0 Å². The fraction of sp³-hybridized carbons (Fsp3) is 0.919. The second-order valence-electron chi connectivity index (χ2n) is 12.7. The van der Waals surface area contributed by atoms with E-state index in [1.54, 1.807) is 0 Å². The van der Waals surface area contributed by atoms with Gasteiger partial charge in [0.2, 0.25) is 0 Å². The predicted octanol–water partition coefficient (Wildman–Crippen LogP) is 10.5. The zero-order valence-electron chi connectivity index (χ0n) is 27.5. The van der Waals surface area contributed by atoms with Gasteiger partial charge in [-0.15, -0.1) is 0 Å². The molecule has 0 aliphatic rings. The number of hydrogen-bond acceptors (Lipinski definition) is 4. The number of aliphatic hydroxyl groups excluding tert-OH is 3. The molecule has 0 aromatic rings. The Kier molecular flexibility index (Phi) is 33.2. The summed E-state index contributed by atoms with van der Waals surface area (Å²) in [6.45, 7) is 1.92. The number of aliphatic hydroxyl groups is 3. The Hall–Kier alpha value is -0.710. The quantitative estimate of drug-likeness (QED) is 0.0522. The lowest BCUT2D eigenvalue weighted by Crippen LogP contribution is -2.28.